The van der Waals surface area contributed by atoms with Gasteiger partial charge in [-0.25, -0.2) is 0 Å². The van der Waals surface area contributed by atoms with E-state index in [0.29, 0.717) is 5.41 Å². The summed E-state index contributed by atoms with van der Waals surface area (Å²) >= 11 is 0. The Morgan fingerprint density at radius 3 is 2.59 bits per heavy atom. The molecule has 0 saturated carbocycles. The van der Waals surface area contributed by atoms with Crippen LogP contribution >= 0.6 is 0 Å². The fraction of sp³-hybridized carbons (Fsp3) is 0.933. The maximum Gasteiger partial charge on any atom is 0.127 e. The van der Waals surface area contributed by atoms with Gasteiger partial charge in [-0.1, -0.05) is 34.1 Å². The number of carbonyl (C=O) groups is 1. The van der Waals surface area contributed by atoms with Gasteiger partial charge in [-0.3, -0.25) is 0 Å². The molecule has 1 aliphatic rings. The zero-order chi connectivity index (χ0) is 12.9. The van der Waals surface area contributed by atoms with Gasteiger partial charge in [-0.2, -0.15) is 0 Å². The molecule has 1 heterocycles. The Morgan fingerprint density at radius 1 is 1.29 bits per heavy atom. The molecule has 0 N–H and O–H groups in total. The lowest BCUT2D eigenvalue weighted by atomic mass is 9.85. The molecule has 1 rings (SSSR count). The van der Waals surface area contributed by atoms with Crippen LogP contribution in [-0.4, -0.2) is 30.8 Å². The van der Waals surface area contributed by atoms with E-state index >= 15 is 0 Å². The molecular formula is C15H29NO. The maximum absolute atomic E-state index is 11.3. The molecule has 1 aliphatic heterocycles. The molecular weight excluding hydrogens is 210 g/mol. The lowest BCUT2D eigenvalue weighted by Crippen LogP contribution is -2.38. The van der Waals surface area contributed by atoms with Gasteiger partial charge in [0.2, 0.25) is 0 Å². The van der Waals surface area contributed by atoms with E-state index < -0.39 is 0 Å². The first kappa shape index (κ1) is 14.7. The zero-order valence-electron chi connectivity index (χ0n) is 12.1. The van der Waals surface area contributed by atoms with E-state index in [1.165, 1.54) is 25.5 Å². The Labute approximate surface area is 107 Å². The average molecular weight is 239 g/mol. The summed E-state index contributed by atoms with van der Waals surface area (Å²) in [6.07, 6.45) is 7.12. The van der Waals surface area contributed by atoms with Crippen LogP contribution in [0.1, 0.15) is 59.8 Å². The Kier molecular flexibility index (Phi) is 5.18. The number of likely N-dealkylation sites (tertiary alicyclic amines) is 1. The lowest BCUT2D eigenvalue weighted by Gasteiger charge is -2.31. The minimum absolute atomic E-state index is 0.136. The van der Waals surface area contributed by atoms with Gasteiger partial charge in [0, 0.05) is 12.0 Å². The Hall–Kier alpha value is -0.370. The summed E-state index contributed by atoms with van der Waals surface area (Å²) in [6.45, 7) is 12.3. The normalized spacial score (nSPS) is 24.9. The molecule has 0 bridgehead atoms. The van der Waals surface area contributed by atoms with Crippen molar-refractivity contribution in [3.63, 3.8) is 0 Å². The average Bonchev–Trinajstić information content (AvgIpc) is 2.41. The number of rotatable bonds is 5. The highest BCUT2D eigenvalue weighted by Crippen LogP contribution is 2.31. The molecule has 1 fully saturated rings. The van der Waals surface area contributed by atoms with E-state index in [-0.39, 0.29) is 5.41 Å². The largest absolute Gasteiger partial charge is 0.303 e. The van der Waals surface area contributed by atoms with E-state index in [4.69, 9.17) is 0 Å². The van der Waals surface area contributed by atoms with Gasteiger partial charge in [-0.05, 0) is 44.2 Å². The summed E-state index contributed by atoms with van der Waals surface area (Å²) < 4.78 is 0. The van der Waals surface area contributed by atoms with Crippen LogP contribution in [0.5, 0.6) is 0 Å². The van der Waals surface area contributed by atoms with Gasteiger partial charge in [-0.15, -0.1) is 0 Å². The second kappa shape index (κ2) is 5.99. The molecule has 0 amide bonds. The molecule has 0 radical (unpaired) electrons. The van der Waals surface area contributed by atoms with Crippen molar-refractivity contribution in [3.8, 4) is 0 Å². The molecule has 2 nitrogen and oxygen atoms in total. The van der Waals surface area contributed by atoms with Gasteiger partial charge >= 0.3 is 0 Å². The molecule has 17 heavy (non-hydrogen) atoms. The van der Waals surface area contributed by atoms with Crippen molar-refractivity contribution in [2.75, 3.05) is 19.6 Å². The Balaban J connectivity index is 2.53. The second-order valence-corrected chi connectivity index (χ2v) is 6.82. The number of aldehydes is 1. The van der Waals surface area contributed by atoms with E-state index in [1.807, 2.05) is 0 Å². The highest BCUT2D eigenvalue weighted by Gasteiger charge is 2.29. The Morgan fingerprint density at radius 2 is 2.00 bits per heavy atom. The van der Waals surface area contributed by atoms with Crippen LogP contribution in [0.3, 0.4) is 0 Å². The third kappa shape index (κ3) is 4.79. The van der Waals surface area contributed by atoms with E-state index in [1.54, 1.807) is 0 Å². The fourth-order valence-corrected chi connectivity index (χ4v) is 2.89. The summed E-state index contributed by atoms with van der Waals surface area (Å²) in [4.78, 5) is 13.8. The molecule has 0 aliphatic carbocycles. The van der Waals surface area contributed by atoms with Crippen LogP contribution in [0.2, 0.25) is 0 Å². The minimum Gasteiger partial charge on any atom is -0.303 e. The van der Waals surface area contributed by atoms with Crippen molar-refractivity contribution in [2.45, 2.75) is 59.8 Å². The van der Waals surface area contributed by atoms with Gasteiger partial charge in [0.1, 0.15) is 6.29 Å². The minimum atomic E-state index is -0.136. The molecule has 0 aromatic heterocycles. The highest BCUT2D eigenvalue weighted by atomic mass is 16.1. The zero-order valence-corrected chi connectivity index (χ0v) is 12.1. The molecule has 0 spiro atoms. The summed E-state index contributed by atoms with van der Waals surface area (Å²) in [5, 5.41) is 0. The maximum atomic E-state index is 11.3. The number of nitrogens with zero attached hydrogens (tertiary/aromatic N) is 1. The van der Waals surface area contributed by atoms with Gasteiger partial charge in [0.25, 0.3) is 0 Å². The van der Waals surface area contributed by atoms with Crippen molar-refractivity contribution in [3.05, 3.63) is 0 Å². The molecule has 1 unspecified atom stereocenters. The van der Waals surface area contributed by atoms with Crippen LogP contribution in [0.4, 0.5) is 0 Å². The third-order valence-electron chi connectivity index (χ3n) is 4.12. The summed E-state index contributed by atoms with van der Waals surface area (Å²) in [5.74, 6) is 0. The highest BCUT2D eigenvalue weighted by molar-refractivity contribution is 5.59. The number of hydrogen-bond donors (Lipinski definition) is 0. The predicted octanol–water partition coefficient (Wildman–Crippen LogP) is 3.50. The van der Waals surface area contributed by atoms with Gasteiger partial charge in [0.15, 0.2) is 0 Å². The van der Waals surface area contributed by atoms with Crippen LogP contribution in [0, 0.1) is 10.8 Å². The van der Waals surface area contributed by atoms with Crippen molar-refractivity contribution in [1.82, 2.24) is 4.90 Å². The quantitative estimate of drug-likeness (QED) is 0.684. The van der Waals surface area contributed by atoms with E-state index in [0.717, 1.165) is 32.5 Å². The van der Waals surface area contributed by atoms with Crippen molar-refractivity contribution in [2.24, 2.45) is 10.8 Å². The van der Waals surface area contributed by atoms with Crippen LogP contribution < -0.4 is 0 Å². The molecule has 1 saturated heterocycles. The number of carbonyl (C=O) groups excluding carboxylic acids is 1. The molecule has 2 heteroatoms. The standard InChI is InChI=1S/C15H29NO/c1-5-7-15(4,13-17)12-16-10-6-8-14(2,3)9-11-16/h13H,5-12H2,1-4H3. The van der Waals surface area contributed by atoms with Gasteiger partial charge in [0.05, 0.1) is 0 Å². The first-order valence-corrected chi connectivity index (χ1v) is 7.09. The predicted molar refractivity (Wildman–Crippen MR) is 73.2 cm³/mol. The SMILES string of the molecule is CCCC(C)(C=O)CN1CCCC(C)(C)CC1. The third-order valence-corrected chi connectivity index (χ3v) is 4.12. The van der Waals surface area contributed by atoms with E-state index in [9.17, 15) is 4.79 Å². The van der Waals surface area contributed by atoms with Crippen LogP contribution in [0.15, 0.2) is 0 Å². The first-order valence-electron chi connectivity index (χ1n) is 7.09. The summed E-state index contributed by atoms with van der Waals surface area (Å²) in [7, 11) is 0. The molecule has 0 aromatic rings. The summed E-state index contributed by atoms with van der Waals surface area (Å²) in [6, 6.07) is 0. The first-order chi connectivity index (χ1) is 7.91. The molecule has 0 aromatic carbocycles. The monoisotopic (exact) mass is 239 g/mol. The van der Waals surface area contributed by atoms with Crippen LogP contribution in [0.25, 0.3) is 0 Å². The topological polar surface area (TPSA) is 20.3 Å². The summed E-state index contributed by atoms with van der Waals surface area (Å²) in [5.41, 5.74) is 0.348. The van der Waals surface area contributed by atoms with Crippen molar-refractivity contribution in [1.29, 1.82) is 0 Å². The van der Waals surface area contributed by atoms with Gasteiger partial charge < -0.3 is 9.69 Å². The smallest absolute Gasteiger partial charge is 0.127 e. The lowest BCUT2D eigenvalue weighted by molar-refractivity contribution is -0.116. The van der Waals surface area contributed by atoms with Crippen molar-refractivity contribution >= 4 is 6.29 Å². The van der Waals surface area contributed by atoms with Crippen molar-refractivity contribution < 1.29 is 4.79 Å². The van der Waals surface area contributed by atoms with E-state index in [2.05, 4.69) is 32.6 Å². The molecule has 100 valence electrons. The number of hydrogen-bond acceptors (Lipinski definition) is 2. The molecule has 1 atom stereocenters. The fourth-order valence-electron chi connectivity index (χ4n) is 2.89. The Bertz CT molecular complexity index is 249. The second-order valence-electron chi connectivity index (χ2n) is 6.82. The van der Waals surface area contributed by atoms with Crippen LogP contribution in [-0.2, 0) is 4.79 Å².